The Kier molecular flexibility index (Phi) is 9.15. The number of ether oxygens (including phenoxy) is 1. The van der Waals surface area contributed by atoms with Crippen molar-refractivity contribution in [2.45, 2.75) is 32.4 Å². The van der Waals surface area contributed by atoms with Crippen LogP contribution in [0.15, 0.2) is 48.7 Å². The standard InChI is InChI=1S/C29H38N6O5/c1-5-40-25-11-10-20(18-33(3)4)16-24(25)31-27(36)26(19(2)22-17-30-23-9-7-6-8-21(22)23)32-28(37)34-12-14-35(15-13-34)29(38)39/h6-11,16-17,19,26,30H,5,12-15,18H2,1-4H3,(H,31,36)(H,32,37)(H,38,39)/t19-,26+/m0/s1. The molecular formula is C29H38N6O5. The van der Waals surface area contributed by atoms with Gasteiger partial charge in [0.15, 0.2) is 0 Å². The number of piperazine rings is 1. The number of carbonyl (C=O) groups excluding carboxylic acids is 2. The number of carbonyl (C=O) groups is 3. The van der Waals surface area contributed by atoms with Gasteiger partial charge in [0.2, 0.25) is 5.91 Å². The SMILES string of the molecule is CCOc1ccc(CN(C)C)cc1NC(=O)[C@H](NC(=O)N1CCN(C(=O)O)CC1)[C@@H](C)c1c[nH]c2ccccc12. The number of fused-ring (bicyclic) bond motifs is 1. The molecule has 0 unspecified atom stereocenters. The smallest absolute Gasteiger partial charge is 0.407 e. The first-order valence-corrected chi connectivity index (χ1v) is 13.5. The Morgan fingerprint density at radius 3 is 2.45 bits per heavy atom. The molecule has 1 aromatic heterocycles. The van der Waals surface area contributed by atoms with Crippen molar-refractivity contribution >= 4 is 34.6 Å². The first-order chi connectivity index (χ1) is 19.2. The van der Waals surface area contributed by atoms with Crippen LogP contribution < -0.4 is 15.4 Å². The first-order valence-electron chi connectivity index (χ1n) is 13.5. The maximum absolute atomic E-state index is 13.9. The largest absolute Gasteiger partial charge is 0.492 e. The predicted octanol–water partition coefficient (Wildman–Crippen LogP) is 3.74. The molecule has 3 aromatic rings. The van der Waals surface area contributed by atoms with Crippen molar-refractivity contribution in [3.8, 4) is 5.75 Å². The van der Waals surface area contributed by atoms with E-state index in [1.807, 2.05) is 81.5 Å². The number of H-pyrrole nitrogens is 1. The highest BCUT2D eigenvalue weighted by molar-refractivity contribution is 5.99. The molecule has 4 amide bonds. The number of urea groups is 1. The fraction of sp³-hybridized carbons (Fsp3) is 0.414. The Bertz CT molecular complexity index is 1350. The number of carboxylic acid groups (broad SMARTS) is 1. The number of nitrogens with one attached hydrogen (secondary N) is 3. The molecule has 11 heteroatoms. The van der Waals surface area contributed by atoms with Gasteiger partial charge < -0.3 is 40.2 Å². The first kappa shape index (κ1) is 28.8. The Morgan fingerprint density at radius 1 is 1.07 bits per heavy atom. The van der Waals surface area contributed by atoms with Crippen LogP contribution in [-0.2, 0) is 11.3 Å². The second-order valence-electron chi connectivity index (χ2n) is 10.3. The number of benzene rings is 2. The van der Waals surface area contributed by atoms with E-state index in [9.17, 15) is 19.5 Å². The fourth-order valence-corrected chi connectivity index (χ4v) is 5.02. The average molecular weight is 551 g/mol. The van der Waals surface area contributed by atoms with Crippen molar-refractivity contribution in [2.24, 2.45) is 0 Å². The molecule has 2 heterocycles. The molecular weight excluding hydrogens is 512 g/mol. The van der Waals surface area contributed by atoms with Crippen LogP contribution in [0.1, 0.15) is 30.9 Å². The Labute approximate surface area is 234 Å². The van der Waals surface area contributed by atoms with Crippen LogP contribution in [0.2, 0.25) is 0 Å². The van der Waals surface area contributed by atoms with Crippen LogP contribution in [0.5, 0.6) is 5.75 Å². The molecule has 0 spiro atoms. The molecule has 1 aliphatic heterocycles. The van der Waals surface area contributed by atoms with Gasteiger partial charge in [0, 0.05) is 55.7 Å². The number of para-hydroxylation sites is 1. The maximum Gasteiger partial charge on any atom is 0.407 e. The molecule has 214 valence electrons. The minimum Gasteiger partial charge on any atom is -0.492 e. The molecule has 11 nitrogen and oxygen atoms in total. The third-order valence-electron chi connectivity index (χ3n) is 7.11. The third kappa shape index (κ3) is 6.66. The highest BCUT2D eigenvalue weighted by Crippen LogP contribution is 2.31. The number of hydrogen-bond acceptors (Lipinski definition) is 5. The third-order valence-corrected chi connectivity index (χ3v) is 7.11. The van der Waals surface area contributed by atoms with Gasteiger partial charge in [-0.25, -0.2) is 9.59 Å². The summed E-state index contributed by atoms with van der Waals surface area (Å²) in [5, 5.41) is 16.2. The summed E-state index contributed by atoms with van der Waals surface area (Å²) in [5.41, 5.74) is 3.38. The number of aromatic amines is 1. The minimum absolute atomic E-state index is 0.216. The Morgan fingerprint density at radius 2 is 1.77 bits per heavy atom. The molecule has 0 saturated carbocycles. The van der Waals surface area contributed by atoms with Crippen molar-refractivity contribution in [2.75, 3.05) is 52.2 Å². The number of amides is 4. The van der Waals surface area contributed by atoms with Gasteiger partial charge in [0.05, 0.1) is 12.3 Å². The van der Waals surface area contributed by atoms with Crippen molar-refractivity contribution in [3.63, 3.8) is 0 Å². The van der Waals surface area contributed by atoms with Crippen LogP contribution in [0.25, 0.3) is 10.9 Å². The zero-order chi connectivity index (χ0) is 28.8. The molecule has 4 rings (SSSR count). The molecule has 2 atom stereocenters. The summed E-state index contributed by atoms with van der Waals surface area (Å²) >= 11 is 0. The monoisotopic (exact) mass is 550 g/mol. The molecule has 1 aliphatic rings. The highest BCUT2D eigenvalue weighted by Gasteiger charge is 2.33. The lowest BCUT2D eigenvalue weighted by atomic mass is 9.92. The molecule has 1 fully saturated rings. The van der Waals surface area contributed by atoms with E-state index < -0.39 is 18.2 Å². The van der Waals surface area contributed by atoms with Gasteiger partial charge in [-0.3, -0.25) is 4.79 Å². The van der Waals surface area contributed by atoms with E-state index in [2.05, 4.69) is 15.6 Å². The lowest BCUT2D eigenvalue weighted by Gasteiger charge is -2.34. The molecule has 2 aromatic carbocycles. The summed E-state index contributed by atoms with van der Waals surface area (Å²) in [5.74, 6) is -0.216. The van der Waals surface area contributed by atoms with Gasteiger partial charge in [-0.1, -0.05) is 31.2 Å². The van der Waals surface area contributed by atoms with E-state index in [-0.39, 0.29) is 38.0 Å². The lowest BCUT2D eigenvalue weighted by molar-refractivity contribution is -0.118. The normalized spacial score (nSPS) is 15.1. The van der Waals surface area contributed by atoms with Crippen LogP contribution in [0, 0.1) is 0 Å². The van der Waals surface area contributed by atoms with E-state index >= 15 is 0 Å². The average Bonchev–Trinajstić information content (AvgIpc) is 3.36. The molecule has 4 N–H and O–H groups in total. The molecule has 0 bridgehead atoms. The summed E-state index contributed by atoms with van der Waals surface area (Å²) in [6.07, 6.45) is 0.864. The summed E-state index contributed by atoms with van der Waals surface area (Å²) in [4.78, 5) is 46.7. The predicted molar refractivity (Wildman–Crippen MR) is 154 cm³/mol. The van der Waals surface area contributed by atoms with Crippen LogP contribution in [0.4, 0.5) is 15.3 Å². The van der Waals surface area contributed by atoms with E-state index in [0.29, 0.717) is 24.6 Å². The van der Waals surface area contributed by atoms with Crippen LogP contribution in [-0.4, -0.2) is 95.7 Å². The molecule has 1 saturated heterocycles. The molecule has 0 radical (unpaired) electrons. The zero-order valence-corrected chi connectivity index (χ0v) is 23.4. The fourth-order valence-electron chi connectivity index (χ4n) is 5.02. The van der Waals surface area contributed by atoms with Crippen molar-refractivity contribution in [1.29, 1.82) is 0 Å². The number of hydrogen-bond donors (Lipinski definition) is 4. The molecule has 40 heavy (non-hydrogen) atoms. The summed E-state index contributed by atoms with van der Waals surface area (Å²) in [7, 11) is 3.94. The highest BCUT2D eigenvalue weighted by atomic mass is 16.5. The second kappa shape index (κ2) is 12.7. The summed E-state index contributed by atoms with van der Waals surface area (Å²) in [6, 6.07) is 12.2. The topological polar surface area (TPSA) is 130 Å². The summed E-state index contributed by atoms with van der Waals surface area (Å²) in [6.45, 7) is 5.83. The van der Waals surface area contributed by atoms with Gasteiger partial charge in [-0.05, 0) is 50.3 Å². The van der Waals surface area contributed by atoms with Crippen molar-refractivity contribution in [1.82, 2.24) is 25.0 Å². The second-order valence-corrected chi connectivity index (χ2v) is 10.3. The number of nitrogens with zero attached hydrogens (tertiary/aromatic N) is 3. The van der Waals surface area contributed by atoms with Gasteiger partial charge >= 0.3 is 12.1 Å². The number of rotatable bonds is 9. The summed E-state index contributed by atoms with van der Waals surface area (Å²) < 4.78 is 5.79. The van der Waals surface area contributed by atoms with E-state index in [1.165, 1.54) is 4.90 Å². The minimum atomic E-state index is -1.01. The number of anilines is 1. The quantitative estimate of drug-likeness (QED) is 0.321. The van der Waals surface area contributed by atoms with Crippen LogP contribution >= 0.6 is 0 Å². The number of aromatic nitrogens is 1. The van der Waals surface area contributed by atoms with Gasteiger partial charge in [-0.15, -0.1) is 0 Å². The van der Waals surface area contributed by atoms with Crippen molar-refractivity contribution in [3.05, 3.63) is 59.8 Å². The molecule has 0 aliphatic carbocycles. The lowest BCUT2D eigenvalue weighted by Crippen LogP contribution is -2.56. The van der Waals surface area contributed by atoms with Crippen molar-refractivity contribution < 1.29 is 24.2 Å². The maximum atomic E-state index is 13.9. The van der Waals surface area contributed by atoms with Crippen LogP contribution in [0.3, 0.4) is 0 Å². The zero-order valence-electron chi connectivity index (χ0n) is 23.4. The van der Waals surface area contributed by atoms with Gasteiger partial charge in [0.1, 0.15) is 11.8 Å². The van der Waals surface area contributed by atoms with Gasteiger partial charge in [-0.2, -0.15) is 0 Å². The van der Waals surface area contributed by atoms with E-state index in [4.69, 9.17) is 4.74 Å². The Balaban J connectivity index is 1.62. The Hall–Kier alpha value is -4.25. The van der Waals surface area contributed by atoms with Gasteiger partial charge in [0.25, 0.3) is 0 Å². The van der Waals surface area contributed by atoms with E-state index in [1.54, 1.807) is 4.90 Å². The van der Waals surface area contributed by atoms with E-state index in [0.717, 1.165) is 22.0 Å².